The summed E-state index contributed by atoms with van der Waals surface area (Å²) in [5, 5.41) is 4.27. The lowest BCUT2D eigenvalue weighted by atomic mass is 10.2. The molecule has 0 spiro atoms. The number of nitrogens with zero attached hydrogens (tertiary/aromatic N) is 1. The van der Waals surface area contributed by atoms with E-state index in [0.717, 1.165) is 43.9 Å². The van der Waals surface area contributed by atoms with E-state index in [1.54, 1.807) is 0 Å². The third kappa shape index (κ3) is 3.93. The zero-order valence-electron chi connectivity index (χ0n) is 11.1. The molecule has 0 amide bonds. The number of nitrogens with one attached hydrogen (secondary N) is 1. The Kier molecular flexibility index (Phi) is 4.38. The predicted octanol–water partition coefficient (Wildman–Crippen LogP) is 2.29. The average molecular weight is 281 g/mol. The Morgan fingerprint density at radius 2 is 2.26 bits per heavy atom. The van der Waals surface area contributed by atoms with Crippen molar-refractivity contribution in [3.8, 4) is 0 Å². The molecule has 1 aliphatic carbocycles. The summed E-state index contributed by atoms with van der Waals surface area (Å²) in [5.74, 6) is 0. The van der Waals surface area contributed by atoms with Gasteiger partial charge in [0.05, 0.1) is 12.7 Å². The normalized spacial score (nSPS) is 24.6. The van der Waals surface area contributed by atoms with Crippen LogP contribution in [0.2, 0.25) is 5.02 Å². The van der Waals surface area contributed by atoms with Gasteiger partial charge in [0.2, 0.25) is 0 Å². The first-order valence-corrected chi connectivity index (χ1v) is 7.50. The van der Waals surface area contributed by atoms with Crippen molar-refractivity contribution < 1.29 is 4.74 Å². The fraction of sp³-hybridized carbons (Fsp3) is 0.600. The molecule has 1 N–H and O–H groups in total. The molecule has 3 rings (SSSR count). The summed E-state index contributed by atoms with van der Waals surface area (Å²) in [6.45, 7) is 4.82. The van der Waals surface area contributed by atoms with Crippen molar-refractivity contribution in [3.63, 3.8) is 0 Å². The van der Waals surface area contributed by atoms with Crippen LogP contribution in [0.3, 0.4) is 0 Å². The molecule has 1 unspecified atom stereocenters. The molecule has 104 valence electrons. The Bertz CT molecular complexity index is 422. The maximum atomic E-state index is 5.97. The number of halogens is 1. The zero-order chi connectivity index (χ0) is 13.1. The lowest BCUT2D eigenvalue weighted by Gasteiger charge is -2.33. The Morgan fingerprint density at radius 3 is 3.05 bits per heavy atom. The van der Waals surface area contributed by atoms with Gasteiger partial charge < -0.3 is 10.1 Å². The van der Waals surface area contributed by atoms with Crippen LogP contribution < -0.4 is 5.32 Å². The molecule has 2 fully saturated rings. The van der Waals surface area contributed by atoms with Gasteiger partial charge >= 0.3 is 0 Å². The van der Waals surface area contributed by atoms with E-state index in [2.05, 4.69) is 16.3 Å². The van der Waals surface area contributed by atoms with Gasteiger partial charge in [-0.25, -0.2) is 0 Å². The van der Waals surface area contributed by atoms with E-state index >= 15 is 0 Å². The molecule has 1 aromatic rings. The summed E-state index contributed by atoms with van der Waals surface area (Å²) >= 11 is 5.97. The highest BCUT2D eigenvalue weighted by Gasteiger charge is 2.32. The maximum absolute atomic E-state index is 5.97. The Labute approximate surface area is 119 Å². The average Bonchev–Trinajstić information content (AvgIpc) is 3.23. The van der Waals surface area contributed by atoms with Crippen molar-refractivity contribution in [1.29, 1.82) is 0 Å². The number of hydrogen-bond acceptors (Lipinski definition) is 3. The molecule has 1 aromatic carbocycles. The molecule has 1 aliphatic heterocycles. The molecule has 0 aromatic heterocycles. The van der Waals surface area contributed by atoms with Crippen molar-refractivity contribution in [1.82, 2.24) is 10.2 Å². The molecule has 0 bridgehead atoms. The van der Waals surface area contributed by atoms with E-state index in [0.29, 0.717) is 6.10 Å². The zero-order valence-corrected chi connectivity index (χ0v) is 11.9. The van der Waals surface area contributed by atoms with E-state index in [4.69, 9.17) is 16.3 Å². The second-order valence-electron chi connectivity index (χ2n) is 5.48. The van der Waals surface area contributed by atoms with Gasteiger partial charge in [-0.1, -0.05) is 23.7 Å². The summed E-state index contributed by atoms with van der Waals surface area (Å²) in [4.78, 5) is 2.58. The highest BCUT2D eigenvalue weighted by molar-refractivity contribution is 6.30. The third-order valence-corrected chi connectivity index (χ3v) is 4.06. The van der Waals surface area contributed by atoms with Gasteiger partial charge in [0.1, 0.15) is 0 Å². The summed E-state index contributed by atoms with van der Waals surface area (Å²) < 4.78 is 5.82. The van der Waals surface area contributed by atoms with E-state index < -0.39 is 0 Å². The van der Waals surface area contributed by atoms with Crippen LogP contribution in [0.25, 0.3) is 0 Å². The van der Waals surface area contributed by atoms with E-state index in [1.807, 2.05) is 18.2 Å². The molecular weight excluding hydrogens is 260 g/mol. The van der Waals surface area contributed by atoms with Crippen molar-refractivity contribution in [2.75, 3.05) is 26.2 Å². The monoisotopic (exact) mass is 280 g/mol. The fourth-order valence-electron chi connectivity index (χ4n) is 2.66. The minimum atomic E-state index is 0.327. The molecule has 1 saturated carbocycles. The predicted molar refractivity (Wildman–Crippen MR) is 77.5 cm³/mol. The molecule has 4 heteroatoms. The number of hydrogen-bond donors (Lipinski definition) is 1. The van der Waals surface area contributed by atoms with Crippen LogP contribution >= 0.6 is 11.6 Å². The van der Waals surface area contributed by atoms with Gasteiger partial charge in [0.25, 0.3) is 0 Å². The lowest BCUT2D eigenvalue weighted by molar-refractivity contribution is -0.0301. The van der Waals surface area contributed by atoms with Crippen LogP contribution in [-0.2, 0) is 11.3 Å². The maximum Gasteiger partial charge on any atom is 0.0826 e. The number of morpholine rings is 1. The minimum absolute atomic E-state index is 0.327. The van der Waals surface area contributed by atoms with E-state index in [1.165, 1.54) is 18.4 Å². The van der Waals surface area contributed by atoms with Gasteiger partial charge in [0, 0.05) is 37.2 Å². The van der Waals surface area contributed by atoms with Crippen LogP contribution in [0.4, 0.5) is 0 Å². The van der Waals surface area contributed by atoms with Crippen LogP contribution in [-0.4, -0.2) is 43.3 Å². The molecule has 1 saturated heterocycles. The Morgan fingerprint density at radius 1 is 1.37 bits per heavy atom. The molecule has 2 aliphatic rings. The number of ether oxygens (including phenoxy) is 1. The van der Waals surface area contributed by atoms with Crippen LogP contribution in [0, 0.1) is 0 Å². The minimum Gasteiger partial charge on any atom is -0.374 e. The summed E-state index contributed by atoms with van der Waals surface area (Å²) in [6, 6.07) is 8.84. The second-order valence-corrected chi connectivity index (χ2v) is 5.92. The standard InChI is InChI=1S/C15H21ClN2O/c16-13-3-1-2-12(8-13)9-17-10-15-11-18(6-7-19-15)14-4-5-14/h1-3,8,14-15,17H,4-7,9-11H2. The van der Waals surface area contributed by atoms with Gasteiger partial charge in [0.15, 0.2) is 0 Å². The van der Waals surface area contributed by atoms with Crippen molar-refractivity contribution in [3.05, 3.63) is 34.9 Å². The number of benzene rings is 1. The van der Waals surface area contributed by atoms with Gasteiger partial charge in [-0.05, 0) is 30.5 Å². The molecule has 0 radical (unpaired) electrons. The van der Waals surface area contributed by atoms with Gasteiger partial charge in [-0.15, -0.1) is 0 Å². The fourth-order valence-corrected chi connectivity index (χ4v) is 2.87. The molecule has 1 heterocycles. The first kappa shape index (κ1) is 13.4. The van der Waals surface area contributed by atoms with Crippen LogP contribution in [0.15, 0.2) is 24.3 Å². The second kappa shape index (κ2) is 6.23. The smallest absolute Gasteiger partial charge is 0.0826 e. The molecule has 3 nitrogen and oxygen atoms in total. The number of rotatable bonds is 5. The third-order valence-electron chi connectivity index (χ3n) is 3.82. The van der Waals surface area contributed by atoms with E-state index in [-0.39, 0.29) is 0 Å². The van der Waals surface area contributed by atoms with Gasteiger partial charge in [-0.2, -0.15) is 0 Å². The van der Waals surface area contributed by atoms with Crippen LogP contribution in [0.5, 0.6) is 0 Å². The highest BCUT2D eigenvalue weighted by atomic mass is 35.5. The summed E-state index contributed by atoms with van der Waals surface area (Å²) in [5.41, 5.74) is 1.22. The van der Waals surface area contributed by atoms with Crippen molar-refractivity contribution in [2.45, 2.75) is 31.5 Å². The van der Waals surface area contributed by atoms with Crippen LogP contribution in [0.1, 0.15) is 18.4 Å². The molecular formula is C15H21ClN2O. The largest absolute Gasteiger partial charge is 0.374 e. The first-order valence-electron chi connectivity index (χ1n) is 7.12. The summed E-state index contributed by atoms with van der Waals surface area (Å²) in [7, 11) is 0. The van der Waals surface area contributed by atoms with Crippen molar-refractivity contribution >= 4 is 11.6 Å². The van der Waals surface area contributed by atoms with Crippen molar-refractivity contribution in [2.24, 2.45) is 0 Å². The SMILES string of the molecule is Clc1cccc(CNCC2CN(C3CC3)CCO2)c1. The highest BCUT2D eigenvalue weighted by Crippen LogP contribution is 2.28. The molecule has 1 atom stereocenters. The van der Waals surface area contributed by atoms with Gasteiger partial charge in [-0.3, -0.25) is 4.90 Å². The quantitative estimate of drug-likeness (QED) is 0.896. The summed E-state index contributed by atoms with van der Waals surface area (Å²) in [6.07, 6.45) is 3.08. The Balaban J connectivity index is 1.41. The topological polar surface area (TPSA) is 24.5 Å². The van der Waals surface area contributed by atoms with E-state index in [9.17, 15) is 0 Å². The molecule has 19 heavy (non-hydrogen) atoms. The lowest BCUT2D eigenvalue weighted by Crippen LogP contribution is -2.47. The first-order chi connectivity index (χ1) is 9.31. The Hall–Kier alpha value is -0.610.